The standard InChI is InChI=1S/C9H16N2O2/c1-11(2)9(12)8-5-6-7(13-8)3-4-10-6/h6-8,10H,3-5H2,1-2H3/t6-,7-,8-/m1/s1. The van der Waals surface area contributed by atoms with Crippen molar-refractivity contribution in [3.63, 3.8) is 0 Å². The summed E-state index contributed by atoms with van der Waals surface area (Å²) >= 11 is 0. The zero-order valence-electron chi connectivity index (χ0n) is 8.12. The van der Waals surface area contributed by atoms with Crippen LogP contribution in [-0.4, -0.2) is 49.7 Å². The number of amides is 1. The highest BCUT2D eigenvalue weighted by atomic mass is 16.5. The number of nitrogens with one attached hydrogen (secondary N) is 1. The van der Waals surface area contributed by atoms with Crippen molar-refractivity contribution in [3.05, 3.63) is 0 Å². The number of carbonyl (C=O) groups excluding carboxylic acids is 1. The van der Waals surface area contributed by atoms with E-state index in [0.717, 1.165) is 19.4 Å². The number of hydrogen-bond donors (Lipinski definition) is 1. The third-order valence-corrected chi connectivity index (χ3v) is 2.81. The Labute approximate surface area is 78.2 Å². The Morgan fingerprint density at radius 3 is 2.92 bits per heavy atom. The molecule has 1 N–H and O–H groups in total. The summed E-state index contributed by atoms with van der Waals surface area (Å²) in [5.41, 5.74) is 0. The van der Waals surface area contributed by atoms with Crippen LogP contribution < -0.4 is 5.32 Å². The maximum absolute atomic E-state index is 11.5. The minimum absolute atomic E-state index is 0.0937. The summed E-state index contributed by atoms with van der Waals surface area (Å²) in [6, 6.07) is 0.411. The molecular weight excluding hydrogens is 168 g/mol. The van der Waals surface area contributed by atoms with Crippen molar-refractivity contribution in [1.82, 2.24) is 10.2 Å². The fourth-order valence-corrected chi connectivity index (χ4v) is 2.09. The van der Waals surface area contributed by atoms with Crippen LogP contribution >= 0.6 is 0 Å². The molecule has 0 aromatic carbocycles. The van der Waals surface area contributed by atoms with Crippen LogP contribution in [0.3, 0.4) is 0 Å². The molecule has 2 rings (SSSR count). The summed E-state index contributed by atoms with van der Waals surface area (Å²) in [4.78, 5) is 13.2. The number of hydrogen-bond acceptors (Lipinski definition) is 3. The van der Waals surface area contributed by atoms with E-state index in [2.05, 4.69) is 5.32 Å². The second-order valence-electron chi connectivity index (χ2n) is 3.98. The number of fused-ring (bicyclic) bond motifs is 1. The highest BCUT2D eigenvalue weighted by molar-refractivity contribution is 5.80. The first-order chi connectivity index (χ1) is 6.18. The van der Waals surface area contributed by atoms with Crippen molar-refractivity contribution in [1.29, 1.82) is 0 Å². The molecule has 3 atom stereocenters. The Balaban J connectivity index is 1.95. The van der Waals surface area contributed by atoms with Gasteiger partial charge in [0.25, 0.3) is 5.91 Å². The molecule has 74 valence electrons. The molecule has 0 bridgehead atoms. The van der Waals surface area contributed by atoms with E-state index >= 15 is 0 Å². The Morgan fingerprint density at radius 1 is 1.54 bits per heavy atom. The van der Waals surface area contributed by atoms with Crippen LogP contribution in [0.25, 0.3) is 0 Å². The lowest BCUT2D eigenvalue weighted by atomic mass is 10.1. The molecule has 0 aliphatic carbocycles. The van der Waals surface area contributed by atoms with Gasteiger partial charge in [-0.1, -0.05) is 0 Å². The maximum atomic E-state index is 11.5. The van der Waals surface area contributed by atoms with E-state index in [9.17, 15) is 4.79 Å². The topological polar surface area (TPSA) is 41.6 Å². The van der Waals surface area contributed by atoms with Crippen molar-refractivity contribution >= 4 is 5.91 Å². The molecule has 2 heterocycles. The quantitative estimate of drug-likeness (QED) is 0.602. The maximum Gasteiger partial charge on any atom is 0.251 e. The summed E-state index contributed by atoms with van der Waals surface area (Å²) in [6.45, 7) is 1.03. The van der Waals surface area contributed by atoms with E-state index in [0.29, 0.717) is 6.04 Å². The number of ether oxygens (including phenoxy) is 1. The molecule has 0 unspecified atom stereocenters. The fraction of sp³-hybridized carbons (Fsp3) is 0.889. The zero-order valence-corrected chi connectivity index (χ0v) is 8.12. The van der Waals surface area contributed by atoms with Gasteiger partial charge in [-0.25, -0.2) is 0 Å². The normalized spacial score (nSPS) is 37.5. The van der Waals surface area contributed by atoms with E-state index in [4.69, 9.17) is 4.74 Å². The Kier molecular flexibility index (Phi) is 2.26. The number of carbonyl (C=O) groups is 1. The first kappa shape index (κ1) is 8.97. The van der Waals surface area contributed by atoms with Gasteiger partial charge >= 0.3 is 0 Å². The van der Waals surface area contributed by atoms with E-state index in [1.165, 1.54) is 0 Å². The lowest BCUT2D eigenvalue weighted by Gasteiger charge is -2.16. The fourth-order valence-electron chi connectivity index (χ4n) is 2.09. The SMILES string of the molecule is CN(C)C(=O)[C@H]1C[C@H]2NCC[C@H]2O1. The van der Waals surface area contributed by atoms with Gasteiger partial charge in [-0.15, -0.1) is 0 Å². The smallest absolute Gasteiger partial charge is 0.251 e. The predicted octanol–water partition coefficient (Wildman–Crippen LogP) is -0.406. The molecule has 0 spiro atoms. The lowest BCUT2D eigenvalue weighted by Crippen LogP contribution is -2.34. The average Bonchev–Trinajstić information content (AvgIpc) is 2.59. The van der Waals surface area contributed by atoms with Crippen LogP contribution in [0.5, 0.6) is 0 Å². The van der Waals surface area contributed by atoms with E-state index in [-0.39, 0.29) is 18.1 Å². The monoisotopic (exact) mass is 184 g/mol. The number of rotatable bonds is 1. The van der Waals surface area contributed by atoms with Crippen LogP contribution in [0.15, 0.2) is 0 Å². The first-order valence-corrected chi connectivity index (χ1v) is 4.78. The molecule has 0 radical (unpaired) electrons. The van der Waals surface area contributed by atoms with Crippen molar-refractivity contribution in [2.75, 3.05) is 20.6 Å². The Bertz CT molecular complexity index is 206. The van der Waals surface area contributed by atoms with Crippen molar-refractivity contribution in [2.24, 2.45) is 0 Å². The summed E-state index contributed by atoms with van der Waals surface area (Å²) in [5, 5.41) is 3.35. The predicted molar refractivity (Wildman–Crippen MR) is 48.4 cm³/mol. The molecule has 2 saturated heterocycles. The van der Waals surface area contributed by atoms with E-state index < -0.39 is 0 Å². The largest absolute Gasteiger partial charge is 0.363 e. The van der Waals surface area contributed by atoms with Crippen molar-refractivity contribution < 1.29 is 9.53 Å². The van der Waals surface area contributed by atoms with Crippen LogP contribution in [-0.2, 0) is 9.53 Å². The zero-order chi connectivity index (χ0) is 9.42. The summed E-state index contributed by atoms with van der Waals surface area (Å²) in [6.07, 6.45) is 1.94. The highest BCUT2D eigenvalue weighted by Gasteiger charge is 2.41. The van der Waals surface area contributed by atoms with Gasteiger partial charge in [-0.2, -0.15) is 0 Å². The summed E-state index contributed by atoms with van der Waals surface area (Å²) < 4.78 is 5.65. The molecule has 2 fully saturated rings. The Morgan fingerprint density at radius 2 is 2.31 bits per heavy atom. The number of nitrogens with zero attached hydrogens (tertiary/aromatic N) is 1. The second kappa shape index (κ2) is 3.27. The number of likely N-dealkylation sites (N-methyl/N-ethyl adjacent to an activating group) is 1. The van der Waals surface area contributed by atoms with Gasteiger partial charge in [-0.3, -0.25) is 4.79 Å². The Hall–Kier alpha value is -0.610. The van der Waals surface area contributed by atoms with Gasteiger partial charge in [0, 0.05) is 26.6 Å². The van der Waals surface area contributed by atoms with Crippen LogP contribution in [0.4, 0.5) is 0 Å². The van der Waals surface area contributed by atoms with Gasteiger partial charge in [0.15, 0.2) is 0 Å². The molecule has 0 saturated carbocycles. The van der Waals surface area contributed by atoms with Gasteiger partial charge in [0.2, 0.25) is 0 Å². The van der Waals surface area contributed by atoms with Crippen LogP contribution in [0.2, 0.25) is 0 Å². The van der Waals surface area contributed by atoms with Crippen molar-refractivity contribution in [3.8, 4) is 0 Å². The average molecular weight is 184 g/mol. The van der Waals surface area contributed by atoms with Crippen LogP contribution in [0, 0.1) is 0 Å². The minimum atomic E-state index is -0.210. The minimum Gasteiger partial charge on any atom is -0.363 e. The van der Waals surface area contributed by atoms with Gasteiger partial charge in [-0.05, 0) is 13.0 Å². The van der Waals surface area contributed by atoms with Crippen LogP contribution in [0.1, 0.15) is 12.8 Å². The molecule has 1 amide bonds. The third kappa shape index (κ3) is 1.56. The molecule has 2 aliphatic heterocycles. The van der Waals surface area contributed by atoms with Gasteiger partial charge in [0.1, 0.15) is 6.10 Å². The van der Waals surface area contributed by atoms with E-state index in [1.54, 1.807) is 19.0 Å². The van der Waals surface area contributed by atoms with E-state index in [1.807, 2.05) is 0 Å². The molecule has 13 heavy (non-hydrogen) atoms. The lowest BCUT2D eigenvalue weighted by molar-refractivity contribution is -0.140. The molecule has 0 aromatic rings. The molecule has 4 heteroatoms. The third-order valence-electron chi connectivity index (χ3n) is 2.81. The summed E-state index contributed by atoms with van der Waals surface area (Å²) in [5.74, 6) is 0.0937. The summed E-state index contributed by atoms with van der Waals surface area (Å²) in [7, 11) is 3.54. The van der Waals surface area contributed by atoms with Crippen molar-refractivity contribution in [2.45, 2.75) is 31.1 Å². The second-order valence-corrected chi connectivity index (χ2v) is 3.98. The molecule has 0 aromatic heterocycles. The molecule has 4 nitrogen and oxygen atoms in total. The van der Waals surface area contributed by atoms with Gasteiger partial charge < -0.3 is 15.0 Å². The molecule has 2 aliphatic rings. The first-order valence-electron chi connectivity index (χ1n) is 4.78. The highest BCUT2D eigenvalue weighted by Crippen LogP contribution is 2.27. The van der Waals surface area contributed by atoms with Gasteiger partial charge in [0.05, 0.1) is 6.10 Å². The molecular formula is C9H16N2O2.